The van der Waals surface area contributed by atoms with Crippen molar-refractivity contribution >= 4 is 37.6 Å². The first kappa shape index (κ1) is 20.1. The van der Waals surface area contributed by atoms with Gasteiger partial charge in [0.15, 0.2) is 9.84 Å². The van der Waals surface area contributed by atoms with E-state index in [1.165, 1.54) is 0 Å². The van der Waals surface area contributed by atoms with E-state index in [0.29, 0.717) is 11.1 Å². The zero-order valence-electron chi connectivity index (χ0n) is 13.9. The number of benzene rings is 2. The van der Waals surface area contributed by atoms with Crippen LogP contribution >= 0.6 is 15.9 Å². The third-order valence-corrected chi connectivity index (χ3v) is 5.36. The van der Waals surface area contributed by atoms with Crippen molar-refractivity contribution in [1.82, 2.24) is 10.6 Å². The molecule has 0 fully saturated rings. The molecule has 8 heteroatoms. The molecule has 0 aliphatic carbocycles. The average Bonchev–Trinajstić information content (AvgIpc) is 2.58. The lowest BCUT2D eigenvalue weighted by Crippen LogP contribution is -2.37. The van der Waals surface area contributed by atoms with Gasteiger partial charge in [0.05, 0.1) is 5.75 Å². The number of nitrogens with one attached hydrogen (secondary N) is 2. The van der Waals surface area contributed by atoms with E-state index >= 15 is 0 Å². The highest BCUT2D eigenvalue weighted by Crippen LogP contribution is 2.14. The molecular weight excluding hydrogens is 420 g/mol. The number of amides is 2. The molecule has 138 valence electrons. The molecule has 26 heavy (non-hydrogen) atoms. The molecule has 0 atom stereocenters. The summed E-state index contributed by atoms with van der Waals surface area (Å²) in [5.41, 5.74) is 1.14. The fraction of sp³-hybridized carbons (Fsp3) is 0.222. The minimum Gasteiger partial charge on any atom is -0.353 e. The second-order valence-corrected chi connectivity index (χ2v) is 8.61. The lowest BCUT2D eigenvalue weighted by Gasteiger charge is -2.08. The van der Waals surface area contributed by atoms with E-state index in [1.807, 2.05) is 6.07 Å². The van der Waals surface area contributed by atoms with Crippen molar-refractivity contribution in [2.24, 2.45) is 0 Å². The van der Waals surface area contributed by atoms with Crippen LogP contribution in [0.15, 0.2) is 59.1 Å². The number of sulfone groups is 1. The first-order valence-electron chi connectivity index (χ1n) is 7.90. The zero-order chi connectivity index (χ0) is 19.0. The molecule has 0 saturated heterocycles. The fourth-order valence-electron chi connectivity index (χ4n) is 2.25. The van der Waals surface area contributed by atoms with Crippen LogP contribution in [0.1, 0.15) is 15.9 Å². The number of rotatable bonds is 8. The predicted molar refractivity (Wildman–Crippen MR) is 103 cm³/mol. The number of hydrogen-bond donors (Lipinski definition) is 2. The van der Waals surface area contributed by atoms with E-state index in [4.69, 9.17) is 0 Å². The molecule has 6 nitrogen and oxygen atoms in total. The van der Waals surface area contributed by atoms with Gasteiger partial charge in [-0.25, -0.2) is 8.42 Å². The van der Waals surface area contributed by atoms with Gasteiger partial charge in [0, 0.05) is 23.1 Å². The van der Waals surface area contributed by atoms with Crippen LogP contribution in [0.25, 0.3) is 0 Å². The summed E-state index contributed by atoms with van der Waals surface area (Å²) in [6.07, 6.45) is 0. The Bertz CT molecular complexity index is 870. The molecule has 2 rings (SSSR count). The van der Waals surface area contributed by atoms with Crippen LogP contribution in [-0.4, -0.2) is 39.1 Å². The van der Waals surface area contributed by atoms with Crippen LogP contribution in [-0.2, 0) is 20.4 Å². The second kappa shape index (κ2) is 9.49. The largest absolute Gasteiger partial charge is 0.353 e. The van der Waals surface area contributed by atoms with Gasteiger partial charge in [-0.15, -0.1) is 0 Å². The molecule has 0 saturated carbocycles. The van der Waals surface area contributed by atoms with Crippen LogP contribution in [0.5, 0.6) is 0 Å². The second-order valence-electron chi connectivity index (χ2n) is 5.63. The third-order valence-electron chi connectivity index (χ3n) is 3.40. The van der Waals surface area contributed by atoms with Crippen LogP contribution < -0.4 is 10.6 Å². The normalized spacial score (nSPS) is 11.0. The standard InChI is InChI=1S/C18H19BrN2O4S/c19-16-8-4-5-14(11-16)12-26(24,25)13-17(22)20-9-10-21-18(23)15-6-2-1-3-7-15/h1-8,11H,9-10,12-13H2,(H,20,22)(H,21,23). The summed E-state index contributed by atoms with van der Waals surface area (Å²) in [6, 6.07) is 15.6. The van der Waals surface area contributed by atoms with Gasteiger partial charge >= 0.3 is 0 Å². The fourth-order valence-corrected chi connectivity index (χ4v) is 3.99. The minimum absolute atomic E-state index is 0.157. The molecule has 0 bridgehead atoms. The summed E-state index contributed by atoms with van der Waals surface area (Å²) < 4.78 is 25.0. The minimum atomic E-state index is -3.57. The first-order valence-corrected chi connectivity index (χ1v) is 10.5. The van der Waals surface area contributed by atoms with E-state index in [-0.39, 0.29) is 24.7 Å². The lowest BCUT2D eigenvalue weighted by atomic mass is 10.2. The summed E-state index contributed by atoms with van der Waals surface area (Å²) in [6.45, 7) is 0.370. The molecule has 0 heterocycles. The van der Waals surface area contributed by atoms with Gasteiger partial charge in [-0.1, -0.05) is 46.3 Å². The summed E-state index contributed by atoms with van der Waals surface area (Å²) in [7, 11) is -3.57. The number of carbonyl (C=O) groups is 2. The Hall–Kier alpha value is -2.19. The molecule has 2 aromatic carbocycles. The molecule has 2 N–H and O–H groups in total. The summed E-state index contributed by atoms with van der Waals surface area (Å²) in [5, 5.41) is 5.16. The highest BCUT2D eigenvalue weighted by atomic mass is 79.9. The van der Waals surface area contributed by atoms with E-state index in [0.717, 1.165) is 4.47 Å². The predicted octanol–water partition coefficient (Wildman–Crippen LogP) is 1.91. The van der Waals surface area contributed by atoms with Crippen LogP contribution in [0, 0.1) is 0 Å². The topological polar surface area (TPSA) is 92.3 Å². The first-order chi connectivity index (χ1) is 12.4. The zero-order valence-corrected chi connectivity index (χ0v) is 16.3. The Kier molecular flexibility index (Phi) is 7.35. The maximum Gasteiger partial charge on any atom is 0.251 e. The van der Waals surface area contributed by atoms with Crippen molar-refractivity contribution in [1.29, 1.82) is 0 Å². The molecule has 0 aliphatic rings. The molecular formula is C18H19BrN2O4S. The van der Waals surface area contributed by atoms with Crippen molar-refractivity contribution < 1.29 is 18.0 Å². The Morgan fingerprint density at radius 2 is 1.62 bits per heavy atom. The molecule has 0 aliphatic heterocycles. The molecule has 0 unspecified atom stereocenters. The summed E-state index contributed by atoms with van der Waals surface area (Å²) in [4.78, 5) is 23.6. The van der Waals surface area contributed by atoms with Gasteiger partial charge in [-0.05, 0) is 29.8 Å². The van der Waals surface area contributed by atoms with Crippen molar-refractivity contribution in [3.05, 3.63) is 70.2 Å². The number of carbonyl (C=O) groups excluding carboxylic acids is 2. The third kappa shape index (κ3) is 6.97. The van der Waals surface area contributed by atoms with Gasteiger partial charge in [0.1, 0.15) is 5.75 Å². The Morgan fingerprint density at radius 1 is 0.923 bits per heavy atom. The highest BCUT2D eigenvalue weighted by Gasteiger charge is 2.17. The van der Waals surface area contributed by atoms with Crippen molar-refractivity contribution in [3.63, 3.8) is 0 Å². The van der Waals surface area contributed by atoms with Crippen LogP contribution in [0.2, 0.25) is 0 Å². The summed E-state index contributed by atoms with van der Waals surface area (Å²) >= 11 is 3.28. The van der Waals surface area contributed by atoms with Gasteiger partial charge in [0.25, 0.3) is 5.91 Å². The van der Waals surface area contributed by atoms with Gasteiger partial charge in [-0.3, -0.25) is 9.59 Å². The monoisotopic (exact) mass is 438 g/mol. The smallest absolute Gasteiger partial charge is 0.251 e. The lowest BCUT2D eigenvalue weighted by molar-refractivity contribution is -0.118. The molecule has 0 spiro atoms. The van der Waals surface area contributed by atoms with Crippen LogP contribution in [0.3, 0.4) is 0 Å². The van der Waals surface area contributed by atoms with E-state index in [1.54, 1.807) is 48.5 Å². The molecule has 2 aromatic rings. The van der Waals surface area contributed by atoms with Crippen LogP contribution in [0.4, 0.5) is 0 Å². The quantitative estimate of drug-likeness (QED) is 0.615. The maximum atomic E-state index is 12.1. The highest BCUT2D eigenvalue weighted by molar-refractivity contribution is 9.10. The van der Waals surface area contributed by atoms with Gasteiger partial charge in [-0.2, -0.15) is 0 Å². The summed E-state index contributed by atoms with van der Waals surface area (Å²) in [5.74, 6) is -1.63. The van der Waals surface area contributed by atoms with Crippen molar-refractivity contribution in [2.45, 2.75) is 5.75 Å². The Balaban J connectivity index is 1.73. The Labute approximate surface area is 161 Å². The average molecular weight is 439 g/mol. The number of hydrogen-bond acceptors (Lipinski definition) is 4. The SMILES string of the molecule is O=C(CS(=O)(=O)Cc1cccc(Br)c1)NCCNC(=O)c1ccccc1. The molecule has 2 amide bonds. The van der Waals surface area contributed by atoms with Gasteiger partial charge < -0.3 is 10.6 Å². The molecule has 0 radical (unpaired) electrons. The van der Waals surface area contributed by atoms with E-state index in [2.05, 4.69) is 26.6 Å². The Morgan fingerprint density at radius 3 is 2.31 bits per heavy atom. The van der Waals surface area contributed by atoms with E-state index in [9.17, 15) is 18.0 Å². The molecule has 0 aromatic heterocycles. The van der Waals surface area contributed by atoms with Crippen molar-refractivity contribution in [2.75, 3.05) is 18.8 Å². The number of halogens is 1. The van der Waals surface area contributed by atoms with E-state index < -0.39 is 21.5 Å². The maximum absolute atomic E-state index is 12.1. The van der Waals surface area contributed by atoms with Crippen molar-refractivity contribution in [3.8, 4) is 0 Å². The van der Waals surface area contributed by atoms with Gasteiger partial charge in [0.2, 0.25) is 5.91 Å².